The van der Waals surface area contributed by atoms with Crippen molar-refractivity contribution in [3.05, 3.63) is 105 Å². The predicted molar refractivity (Wildman–Crippen MR) is 113 cm³/mol. The van der Waals surface area contributed by atoms with Crippen molar-refractivity contribution in [1.82, 2.24) is 4.90 Å². The average molecular weight is 429 g/mol. The SMILES string of the molecule is O=C1C(=O)N(Cc2ccccc2)C(=O)c2ccc(NC(=O)c3ccccc3[N+](=O)[O-])cc21. The van der Waals surface area contributed by atoms with Gasteiger partial charge in [0, 0.05) is 17.3 Å². The van der Waals surface area contributed by atoms with Gasteiger partial charge in [0.15, 0.2) is 0 Å². The molecule has 3 aromatic rings. The Morgan fingerprint density at radius 1 is 0.875 bits per heavy atom. The molecule has 3 aromatic carbocycles. The Balaban J connectivity index is 1.61. The lowest BCUT2D eigenvalue weighted by Crippen LogP contribution is -2.45. The number of benzene rings is 3. The molecule has 1 N–H and O–H groups in total. The van der Waals surface area contributed by atoms with Crippen LogP contribution < -0.4 is 5.32 Å². The zero-order valence-corrected chi connectivity index (χ0v) is 16.5. The number of para-hydroxylation sites is 1. The number of ketones is 1. The average Bonchev–Trinajstić information content (AvgIpc) is 2.81. The first-order valence-electron chi connectivity index (χ1n) is 9.50. The van der Waals surface area contributed by atoms with E-state index in [0.29, 0.717) is 5.56 Å². The van der Waals surface area contributed by atoms with Crippen LogP contribution in [0.5, 0.6) is 0 Å². The minimum absolute atomic E-state index is 0.0363. The number of nitro benzene ring substituents is 1. The molecule has 1 aliphatic heterocycles. The van der Waals surface area contributed by atoms with Gasteiger partial charge in [0.05, 0.1) is 17.0 Å². The van der Waals surface area contributed by atoms with Gasteiger partial charge in [-0.05, 0) is 29.8 Å². The van der Waals surface area contributed by atoms with Crippen molar-refractivity contribution in [2.75, 3.05) is 5.32 Å². The smallest absolute Gasteiger partial charge is 0.302 e. The summed E-state index contributed by atoms with van der Waals surface area (Å²) in [6.45, 7) is -0.0418. The molecule has 0 saturated carbocycles. The summed E-state index contributed by atoms with van der Waals surface area (Å²) in [6, 6.07) is 18.2. The fourth-order valence-corrected chi connectivity index (χ4v) is 3.40. The first-order chi connectivity index (χ1) is 15.4. The molecule has 9 heteroatoms. The molecule has 0 fully saturated rings. The molecule has 3 amide bonds. The van der Waals surface area contributed by atoms with E-state index in [1.807, 2.05) is 0 Å². The highest BCUT2D eigenvalue weighted by atomic mass is 16.6. The molecule has 0 atom stereocenters. The molecule has 0 bridgehead atoms. The number of nitrogens with one attached hydrogen (secondary N) is 1. The van der Waals surface area contributed by atoms with Gasteiger partial charge >= 0.3 is 5.91 Å². The maximum Gasteiger partial charge on any atom is 0.302 e. The fraction of sp³-hybridized carbons (Fsp3) is 0.0435. The first-order valence-corrected chi connectivity index (χ1v) is 9.50. The Kier molecular flexibility index (Phi) is 5.30. The highest BCUT2D eigenvalue weighted by Crippen LogP contribution is 2.26. The molecule has 0 aliphatic carbocycles. The Hall–Kier alpha value is -4.66. The molecular weight excluding hydrogens is 414 g/mol. The van der Waals surface area contributed by atoms with Crippen LogP contribution in [0.2, 0.25) is 0 Å². The van der Waals surface area contributed by atoms with E-state index in [2.05, 4.69) is 5.32 Å². The third-order valence-electron chi connectivity index (χ3n) is 4.97. The summed E-state index contributed by atoms with van der Waals surface area (Å²) >= 11 is 0. The van der Waals surface area contributed by atoms with E-state index in [1.165, 1.54) is 42.5 Å². The van der Waals surface area contributed by atoms with Gasteiger partial charge in [-0.2, -0.15) is 0 Å². The van der Waals surface area contributed by atoms with Gasteiger partial charge in [-0.3, -0.25) is 34.2 Å². The summed E-state index contributed by atoms with van der Waals surface area (Å²) in [7, 11) is 0. The second kappa shape index (κ2) is 8.23. The minimum atomic E-state index is -0.964. The highest BCUT2D eigenvalue weighted by Gasteiger charge is 2.38. The van der Waals surface area contributed by atoms with E-state index in [4.69, 9.17) is 0 Å². The summed E-state index contributed by atoms with van der Waals surface area (Å²) in [5, 5.41) is 13.6. The van der Waals surface area contributed by atoms with Gasteiger partial charge in [-0.25, -0.2) is 0 Å². The third kappa shape index (κ3) is 3.74. The van der Waals surface area contributed by atoms with Crippen molar-refractivity contribution in [2.45, 2.75) is 6.54 Å². The van der Waals surface area contributed by atoms with E-state index < -0.39 is 28.4 Å². The van der Waals surface area contributed by atoms with Crippen LogP contribution >= 0.6 is 0 Å². The molecule has 9 nitrogen and oxygen atoms in total. The van der Waals surface area contributed by atoms with Gasteiger partial charge in [-0.15, -0.1) is 0 Å². The molecule has 158 valence electrons. The van der Waals surface area contributed by atoms with Crippen molar-refractivity contribution in [2.24, 2.45) is 0 Å². The monoisotopic (exact) mass is 429 g/mol. The fourth-order valence-electron chi connectivity index (χ4n) is 3.40. The molecule has 0 unspecified atom stereocenters. The largest absolute Gasteiger partial charge is 0.322 e. The summed E-state index contributed by atoms with van der Waals surface area (Å²) < 4.78 is 0. The lowest BCUT2D eigenvalue weighted by atomic mass is 9.96. The van der Waals surface area contributed by atoms with Crippen LogP contribution in [-0.2, 0) is 11.3 Å². The van der Waals surface area contributed by atoms with E-state index in [0.717, 1.165) is 4.90 Å². The summed E-state index contributed by atoms with van der Waals surface area (Å²) in [4.78, 5) is 62.0. The molecule has 1 aliphatic rings. The number of imide groups is 1. The quantitative estimate of drug-likeness (QED) is 0.287. The van der Waals surface area contributed by atoms with Crippen LogP contribution in [0, 0.1) is 10.1 Å². The number of rotatable bonds is 5. The molecular formula is C23H15N3O6. The summed E-state index contributed by atoms with van der Waals surface area (Å²) in [5.41, 5.74) is 0.179. The number of nitrogens with zero attached hydrogens (tertiary/aromatic N) is 2. The van der Waals surface area contributed by atoms with Gasteiger partial charge in [0.1, 0.15) is 5.56 Å². The van der Waals surface area contributed by atoms with Crippen LogP contribution in [0.15, 0.2) is 72.8 Å². The van der Waals surface area contributed by atoms with Gasteiger partial charge in [0.25, 0.3) is 23.3 Å². The van der Waals surface area contributed by atoms with Gasteiger partial charge in [0.2, 0.25) is 0 Å². The standard InChI is InChI=1S/C23H15N3O6/c27-20-18-12-15(24-21(28)17-8-4-5-9-19(17)26(31)32)10-11-16(18)22(29)25(23(20)30)13-14-6-2-1-3-7-14/h1-12H,13H2,(H,24,28). The van der Waals surface area contributed by atoms with Crippen LogP contribution in [0.4, 0.5) is 11.4 Å². The molecule has 0 radical (unpaired) electrons. The maximum absolute atomic E-state index is 12.8. The number of fused-ring (bicyclic) bond motifs is 1. The molecule has 0 saturated heterocycles. The zero-order valence-electron chi connectivity index (χ0n) is 16.5. The number of carbonyl (C=O) groups excluding carboxylic acids is 4. The predicted octanol–water partition coefficient (Wildman–Crippen LogP) is 3.21. The molecule has 1 heterocycles. The Morgan fingerprint density at radius 3 is 2.28 bits per heavy atom. The number of amides is 3. The highest BCUT2D eigenvalue weighted by molar-refractivity contribution is 6.49. The van der Waals surface area contributed by atoms with E-state index in [9.17, 15) is 29.3 Å². The van der Waals surface area contributed by atoms with Crippen LogP contribution in [0.3, 0.4) is 0 Å². The molecule has 0 aromatic heterocycles. The van der Waals surface area contributed by atoms with Crippen LogP contribution in [-0.4, -0.2) is 33.3 Å². The summed E-state index contributed by atoms with van der Waals surface area (Å²) in [6.07, 6.45) is 0. The second-order valence-electron chi connectivity index (χ2n) is 7.00. The van der Waals surface area contributed by atoms with Crippen LogP contribution in [0.1, 0.15) is 36.6 Å². The molecule has 32 heavy (non-hydrogen) atoms. The first kappa shape index (κ1) is 20.6. The van der Waals surface area contributed by atoms with Crippen molar-refractivity contribution < 1.29 is 24.1 Å². The Bertz CT molecular complexity index is 1290. The number of nitro groups is 1. The van der Waals surface area contributed by atoms with Crippen molar-refractivity contribution in [1.29, 1.82) is 0 Å². The topological polar surface area (TPSA) is 127 Å². The van der Waals surface area contributed by atoms with Crippen molar-refractivity contribution in [3.8, 4) is 0 Å². The second-order valence-corrected chi connectivity index (χ2v) is 7.00. The third-order valence-corrected chi connectivity index (χ3v) is 4.97. The number of hydrogen-bond acceptors (Lipinski definition) is 6. The number of anilines is 1. The van der Waals surface area contributed by atoms with Crippen molar-refractivity contribution >= 4 is 34.9 Å². The lowest BCUT2D eigenvalue weighted by Gasteiger charge is -2.26. The van der Waals surface area contributed by atoms with E-state index in [-0.39, 0.29) is 34.6 Å². The Morgan fingerprint density at radius 2 is 1.56 bits per heavy atom. The summed E-state index contributed by atoms with van der Waals surface area (Å²) in [5.74, 6) is -3.22. The van der Waals surface area contributed by atoms with Gasteiger partial charge in [-0.1, -0.05) is 42.5 Å². The molecule has 0 spiro atoms. The number of carbonyl (C=O) groups is 4. The Labute approximate surface area is 181 Å². The van der Waals surface area contributed by atoms with E-state index in [1.54, 1.807) is 30.3 Å². The normalized spacial score (nSPS) is 13.0. The maximum atomic E-state index is 12.8. The van der Waals surface area contributed by atoms with E-state index >= 15 is 0 Å². The zero-order chi connectivity index (χ0) is 22.8. The van der Waals surface area contributed by atoms with Crippen LogP contribution in [0.25, 0.3) is 0 Å². The number of hydrogen-bond donors (Lipinski definition) is 1. The number of Topliss-reactive ketones (excluding diaryl/α,β-unsaturated/α-hetero) is 1. The minimum Gasteiger partial charge on any atom is -0.322 e. The van der Waals surface area contributed by atoms with Gasteiger partial charge < -0.3 is 5.32 Å². The lowest BCUT2D eigenvalue weighted by molar-refractivity contribution is -0.385. The van der Waals surface area contributed by atoms with Crippen molar-refractivity contribution in [3.63, 3.8) is 0 Å². The molecule has 4 rings (SSSR count).